The minimum Gasteiger partial charge on any atom is -0.411 e. The van der Waals surface area contributed by atoms with Crippen molar-refractivity contribution in [1.29, 1.82) is 0 Å². The van der Waals surface area contributed by atoms with Gasteiger partial charge in [0.15, 0.2) is 0 Å². The van der Waals surface area contributed by atoms with E-state index in [-0.39, 0.29) is 0 Å². The van der Waals surface area contributed by atoms with Crippen LogP contribution in [-0.4, -0.2) is 44.2 Å². The van der Waals surface area contributed by atoms with Crippen molar-refractivity contribution >= 4 is 11.4 Å². The lowest BCUT2D eigenvalue weighted by molar-refractivity contribution is -0.116. The van der Waals surface area contributed by atoms with Crippen molar-refractivity contribution in [3.05, 3.63) is 0 Å². The average molecular weight is 203 g/mol. The van der Waals surface area contributed by atoms with Gasteiger partial charge >= 0.3 is 0 Å². The zero-order chi connectivity index (χ0) is 11.3. The van der Waals surface area contributed by atoms with Crippen LogP contribution in [0, 0.1) is 0 Å². The molecule has 0 saturated heterocycles. The monoisotopic (exact) mass is 203 g/mol. The first-order valence-corrected chi connectivity index (χ1v) is 4.30. The third-order valence-corrected chi connectivity index (χ3v) is 2.32. The average Bonchev–Trinajstić information content (AvgIpc) is 2.23. The minimum absolute atomic E-state index is 0.380. The maximum atomic E-state index is 9.64. The molecule has 0 spiro atoms. The number of oxime groups is 2. The summed E-state index contributed by atoms with van der Waals surface area (Å²) in [7, 11) is 0. The molecule has 3 N–H and O–H groups in total. The largest absolute Gasteiger partial charge is 0.411 e. The molecular weight excluding hydrogens is 186 g/mol. The van der Waals surface area contributed by atoms with Crippen LogP contribution in [0.5, 0.6) is 0 Å². The van der Waals surface area contributed by atoms with Gasteiger partial charge in [-0.3, -0.25) is 0 Å². The Bertz CT molecular complexity index is 216. The molecule has 0 aromatic rings. The van der Waals surface area contributed by atoms with E-state index in [2.05, 4.69) is 10.3 Å². The van der Waals surface area contributed by atoms with Gasteiger partial charge in [-0.2, -0.15) is 5.06 Å². The van der Waals surface area contributed by atoms with E-state index in [4.69, 9.17) is 10.4 Å². The third kappa shape index (κ3) is 2.97. The summed E-state index contributed by atoms with van der Waals surface area (Å²) in [4.78, 5) is 0. The Labute approximate surface area is 83.1 Å². The van der Waals surface area contributed by atoms with Gasteiger partial charge in [0.25, 0.3) is 0 Å². The first-order chi connectivity index (χ1) is 6.45. The van der Waals surface area contributed by atoms with E-state index in [0.717, 1.165) is 5.06 Å². The van der Waals surface area contributed by atoms with Gasteiger partial charge in [-0.1, -0.05) is 10.3 Å². The Balaban J connectivity index is 4.54. The molecule has 6 heteroatoms. The molecule has 14 heavy (non-hydrogen) atoms. The predicted molar refractivity (Wildman–Crippen MR) is 52.3 cm³/mol. The number of nitrogens with zero attached hydrogens (tertiary/aromatic N) is 3. The lowest BCUT2D eigenvalue weighted by Crippen LogP contribution is -2.44. The zero-order valence-corrected chi connectivity index (χ0v) is 8.84. The van der Waals surface area contributed by atoms with Crippen molar-refractivity contribution in [1.82, 2.24) is 5.06 Å². The van der Waals surface area contributed by atoms with Crippen LogP contribution in [0.15, 0.2) is 10.3 Å². The Hall–Kier alpha value is -1.14. The number of hydrogen-bond donors (Lipinski definition) is 3. The molecule has 0 saturated carbocycles. The highest BCUT2D eigenvalue weighted by Crippen LogP contribution is 2.05. The van der Waals surface area contributed by atoms with Crippen molar-refractivity contribution in [3.8, 4) is 0 Å². The topological polar surface area (TPSA) is 88.7 Å². The van der Waals surface area contributed by atoms with Gasteiger partial charge in [-0.05, 0) is 27.7 Å². The minimum atomic E-state index is -0.438. The SMILES string of the molecule is C/C(=N/O)[C@H](C)N(O)[C@H](C)/C(C)=N/O. The molecule has 0 heterocycles. The third-order valence-electron chi connectivity index (χ3n) is 2.32. The molecule has 6 nitrogen and oxygen atoms in total. The second-order valence-corrected chi connectivity index (χ2v) is 3.21. The maximum absolute atomic E-state index is 9.64. The molecule has 2 atom stereocenters. The second kappa shape index (κ2) is 5.56. The predicted octanol–water partition coefficient (Wildman–Crippen LogP) is 1.15. The molecule has 0 aromatic carbocycles. The van der Waals surface area contributed by atoms with Crippen LogP contribution in [0.25, 0.3) is 0 Å². The molecule has 0 radical (unpaired) electrons. The van der Waals surface area contributed by atoms with E-state index in [1.54, 1.807) is 27.7 Å². The highest BCUT2D eigenvalue weighted by molar-refractivity contribution is 5.89. The quantitative estimate of drug-likeness (QED) is 0.363. The van der Waals surface area contributed by atoms with Gasteiger partial charge < -0.3 is 15.6 Å². The van der Waals surface area contributed by atoms with E-state index in [1.807, 2.05) is 0 Å². The Kier molecular flexibility index (Phi) is 5.11. The van der Waals surface area contributed by atoms with E-state index in [0.29, 0.717) is 11.4 Å². The van der Waals surface area contributed by atoms with Crippen molar-refractivity contribution in [3.63, 3.8) is 0 Å². The fraction of sp³-hybridized carbons (Fsp3) is 0.750. The summed E-state index contributed by atoms with van der Waals surface area (Å²) in [5.41, 5.74) is 0.759. The molecule has 0 aliphatic rings. The normalized spacial score (nSPS) is 18.4. The molecule has 0 rings (SSSR count). The molecule has 0 bridgehead atoms. The summed E-state index contributed by atoms with van der Waals surface area (Å²) in [5, 5.41) is 33.6. The van der Waals surface area contributed by atoms with Crippen molar-refractivity contribution in [2.45, 2.75) is 39.8 Å². The van der Waals surface area contributed by atoms with E-state index in [1.165, 1.54) is 0 Å². The van der Waals surface area contributed by atoms with Gasteiger partial charge in [0.1, 0.15) is 0 Å². The molecule has 0 aliphatic carbocycles. The summed E-state index contributed by atoms with van der Waals surface area (Å²) in [6.07, 6.45) is 0. The fourth-order valence-corrected chi connectivity index (χ4v) is 0.885. The van der Waals surface area contributed by atoms with Crippen LogP contribution in [0.4, 0.5) is 0 Å². The Morgan fingerprint density at radius 2 is 1.29 bits per heavy atom. The van der Waals surface area contributed by atoms with Gasteiger partial charge in [0, 0.05) is 0 Å². The fourth-order valence-electron chi connectivity index (χ4n) is 0.885. The first-order valence-electron chi connectivity index (χ1n) is 4.30. The standard InChI is InChI=1S/C8H17N3O3/c1-5(9-12)7(3)11(14)8(4)6(2)10-13/h7-8,12-14H,1-4H3/b9-5-,10-6+/t7-,8+/m0/s1. The smallest absolute Gasteiger partial charge is 0.0741 e. The van der Waals surface area contributed by atoms with E-state index >= 15 is 0 Å². The lowest BCUT2D eigenvalue weighted by atomic mass is 10.1. The van der Waals surface area contributed by atoms with Gasteiger partial charge in [0.2, 0.25) is 0 Å². The molecular formula is C8H17N3O3. The maximum Gasteiger partial charge on any atom is 0.0741 e. The zero-order valence-electron chi connectivity index (χ0n) is 8.84. The van der Waals surface area contributed by atoms with Crippen molar-refractivity contribution in [2.24, 2.45) is 10.3 Å². The summed E-state index contributed by atoms with van der Waals surface area (Å²) in [5.74, 6) is 0. The van der Waals surface area contributed by atoms with Crippen molar-refractivity contribution < 1.29 is 15.6 Å². The Morgan fingerprint density at radius 3 is 1.50 bits per heavy atom. The molecule has 0 aromatic heterocycles. The van der Waals surface area contributed by atoms with Gasteiger partial charge in [-0.15, -0.1) is 0 Å². The Morgan fingerprint density at radius 1 is 1.00 bits per heavy atom. The van der Waals surface area contributed by atoms with Crippen LogP contribution < -0.4 is 0 Å². The summed E-state index contributed by atoms with van der Waals surface area (Å²) in [6.45, 7) is 6.53. The summed E-state index contributed by atoms with van der Waals surface area (Å²) >= 11 is 0. The van der Waals surface area contributed by atoms with Crippen LogP contribution in [-0.2, 0) is 0 Å². The molecule has 82 valence electrons. The van der Waals surface area contributed by atoms with Crippen LogP contribution in [0.3, 0.4) is 0 Å². The summed E-state index contributed by atoms with van der Waals surface area (Å²) < 4.78 is 0. The molecule has 0 unspecified atom stereocenters. The lowest BCUT2D eigenvalue weighted by Gasteiger charge is -2.27. The highest BCUT2D eigenvalue weighted by Gasteiger charge is 2.22. The second-order valence-electron chi connectivity index (χ2n) is 3.21. The van der Waals surface area contributed by atoms with Crippen LogP contribution >= 0.6 is 0 Å². The van der Waals surface area contributed by atoms with Crippen LogP contribution in [0.2, 0.25) is 0 Å². The van der Waals surface area contributed by atoms with E-state index < -0.39 is 12.1 Å². The van der Waals surface area contributed by atoms with Gasteiger partial charge in [-0.25, -0.2) is 0 Å². The number of hydrogen-bond acceptors (Lipinski definition) is 6. The number of rotatable bonds is 4. The van der Waals surface area contributed by atoms with Crippen LogP contribution in [0.1, 0.15) is 27.7 Å². The van der Waals surface area contributed by atoms with Crippen molar-refractivity contribution in [2.75, 3.05) is 0 Å². The number of hydroxylamine groups is 2. The first kappa shape index (κ1) is 12.9. The van der Waals surface area contributed by atoms with E-state index in [9.17, 15) is 5.21 Å². The molecule has 0 fully saturated rings. The molecule has 0 amide bonds. The van der Waals surface area contributed by atoms with Gasteiger partial charge in [0.05, 0.1) is 23.5 Å². The molecule has 0 aliphatic heterocycles. The highest BCUT2D eigenvalue weighted by atomic mass is 16.5. The summed E-state index contributed by atoms with van der Waals surface area (Å²) in [6, 6.07) is -0.876.